The number of benzene rings is 3. The lowest BCUT2D eigenvalue weighted by atomic mass is 9.86. The van der Waals surface area contributed by atoms with Gasteiger partial charge in [-0.1, -0.05) is 48.5 Å². The predicted octanol–water partition coefficient (Wildman–Crippen LogP) is 5.96. The van der Waals surface area contributed by atoms with Crippen molar-refractivity contribution in [2.45, 2.75) is 27.7 Å². The van der Waals surface area contributed by atoms with E-state index in [1.165, 1.54) is 33.4 Å². The fourth-order valence-corrected chi connectivity index (χ4v) is 3.44. The summed E-state index contributed by atoms with van der Waals surface area (Å²) in [7, 11) is 0. The Morgan fingerprint density at radius 2 is 1.22 bits per heavy atom. The van der Waals surface area contributed by atoms with Gasteiger partial charge >= 0.3 is 0 Å². The zero-order valence-corrected chi connectivity index (χ0v) is 14.1. The van der Waals surface area contributed by atoms with Crippen LogP contribution in [0.2, 0.25) is 0 Å². The van der Waals surface area contributed by atoms with E-state index in [2.05, 4.69) is 57.2 Å². The highest BCUT2D eigenvalue weighted by atomic mass is 16.3. The van der Waals surface area contributed by atoms with Crippen LogP contribution in [0.4, 0.5) is 0 Å². The van der Waals surface area contributed by atoms with Gasteiger partial charge in [-0.2, -0.15) is 0 Å². The molecule has 0 saturated carbocycles. The number of aromatic hydroxyl groups is 1. The molecule has 0 saturated heterocycles. The van der Waals surface area contributed by atoms with Crippen LogP contribution in [0, 0.1) is 27.7 Å². The lowest BCUT2D eigenvalue weighted by Crippen LogP contribution is -1.96. The summed E-state index contributed by atoms with van der Waals surface area (Å²) in [5.74, 6) is 0.350. The zero-order valence-electron chi connectivity index (χ0n) is 14.1. The van der Waals surface area contributed by atoms with Crippen LogP contribution in [0.3, 0.4) is 0 Å². The van der Waals surface area contributed by atoms with Crippen LogP contribution in [-0.4, -0.2) is 5.11 Å². The summed E-state index contributed by atoms with van der Waals surface area (Å²) in [4.78, 5) is 0. The van der Waals surface area contributed by atoms with Gasteiger partial charge < -0.3 is 5.11 Å². The number of hydrogen-bond donors (Lipinski definition) is 1. The van der Waals surface area contributed by atoms with Crippen LogP contribution in [0.15, 0.2) is 54.6 Å². The van der Waals surface area contributed by atoms with Crippen LogP contribution < -0.4 is 0 Å². The van der Waals surface area contributed by atoms with E-state index in [1.54, 1.807) is 0 Å². The molecule has 3 rings (SSSR count). The van der Waals surface area contributed by atoms with Gasteiger partial charge in [-0.3, -0.25) is 0 Å². The molecule has 0 atom stereocenters. The monoisotopic (exact) mass is 302 g/mol. The van der Waals surface area contributed by atoms with Crippen LogP contribution in [0.5, 0.6) is 5.75 Å². The Hall–Kier alpha value is -2.54. The smallest absolute Gasteiger partial charge is 0.119 e. The average molecular weight is 302 g/mol. The first-order chi connectivity index (χ1) is 11.0. The Bertz CT molecular complexity index is 861. The minimum atomic E-state index is 0.350. The van der Waals surface area contributed by atoms with E-state index >= 15 is 0 Å². The van der Waals surface area contributed by atoms with Gasteiger partial charge in [0.25, 0.3) is 0 Å². The number of phenols is 1. The van der Waals surface area contributed by atoms with E-state index in [0.717, 1.165) is 11.1 Å². The summed E-state index contributed by atoms with van der Waals surface area (Å²) in [6.07, 6.45) is 0. The molecule has 0 unspecified atom stereocenters. The van der Waals surface area contributed by atoms with Gasteiger partial charge in [0.05, 0.1) is 0 Å². The van der Waals surface area contributed by atoms with E-state index in [0.29, 0.717) is 5.75 Å². The van der Waals surface area contributed by atoms with Gasteiger partial charge in [0, 0.05) is 0 Å². The van der Waals surface area contributed by atoms with Crippen molar-refractivity contribution in [3.63, 3.8) is 0 Å². The third-order valence-electron chi connectivity index (χ3n) is 4.53. The minimum absolute atomic E-state index is 0.350. The first-order valence-electron chi connectivity index (χ1n) is 7.95. The molecule has 0 aliphatic heterocycles. The Balaban J connectivity index is 2.28. The lowest BCUT2D eigenvalue weighted by Gasteiger charge is -2.18. The van der Waals surface area contributed by atoms with Crippen LogP contribution >= 0.6 is 0 Å². The van der Waals surface area contributed by atoms with Crippen molar-refractivity contribution >= 4 is 0 Å². The molecule has 3 aromatic rings. The first-order valence-corrected chi connectivity index (χ1v) is 7.95. The van der Waals surface area contributed by atoms with Crippen molar-refractivity contribution in [2.75, 3.05) is 0 Å². The van der Waals surface area contributed by atoms with E-state index in [9.17, 15) is 5.11 Å². The van der Waals surface area contributed by atoms with E-state index in [-0.39, 0.29) is 0 Å². The van der Waals surface area contributed by atoms with E-state index < -0.39 is 0 Å². The topological polar surface area (TPSA) is 20.2 Å². The molecule has 0 radical (unpaired) electrons. The molecule has 0 aromatic heterocycles. The Morgan fingerprint density at radius 1 is 0.609 bits per heavy atom. The highest BCUT2D eigenvalue weighted by molar-refractivity contribution is 5.83. The molecular weight excluding hydrogens is 280 g/mol. The molecule has 0 aliphatic carbocycles. The van der Waals surface area contributed by atoms with Crippen LogP contribution in [0.25, 0.3) is 22.3 Å². The molecule has 3 aromatic carbocycles. The molecule has 0 aliphatic rings. The molecular formula is C22H22O. The quantitative estimate of drug-likeness (QED) is 0.619. The number of hydrogen-bond acceptors (Lipinski definition) is 1. The summed E-state index contributed by atoms with van der Waals surface area (Å²) in [6.45, 7) is 8.40. The molecule has 1 N–H and O–H groups in total. The normalized spacial score (nSPS) is 10.8. The summed E-state index contributed by atoms with van der Waals surface area (Å²) < 4.78 is 0. The number of aryl methyl sites for hydroxylation is 3. The largest absolute Gasteiger partial charge is 0.508 e. The predicted molar refractivity (Wildman–Crippen MR) is 97.9 cm³/mol. The van der Waals surface area contributed by atoms with Crippen molar-refractivity contribution in [3.05, 3.63) is 76.9 Å². The standard InChI is InChI=1S/C22H22O/c1-14-10-11-19(13-20(14)23)22-16(3)12-15(2)21(17(22)4)18-8-6-5-7-9-18/h5-13,23H,1-4H3. The maximum Gasteiger partial charge on any atom is 0.119 e. The molecule has 23 heavy (non-hydrogen) atoms. The summed E-state index contributed by atoms with van der Waals surface area (Å²) >= 11 is 0. The van der Waals surface area contributed by atoms with Crippen LogP contribution in [0.1, 0.15) is 22.3 Å². The maximum absolute atomic E-state index is 10.1. The summed E-state index contributed by atoms with van der Waals surface area (Å²) in [5, 5.41) is 10.1. The van der Waals surface area contributed by atoms with Crippen molar-refractivity contribution in [1.82, 2.24) is 0 Å². The van der Waals surface area contributed by atoms with Gasteiger partial charge in [0.1, 0.15) is 5.75 Å². The second-order valence-corrected chi connectivity index (χ2v) is 6.25. The fraction of sp³-hybridized carbons (Fsp3) is 0.182. The molecule has 0 amide bonds. The van der Waals surface area contributed by atoms with Gasteiger partial charge in [-0.15, -0.1) is 0 Å². The second kappa shape index (κ2) is 5.92. The molecule has 0 fully saturated rings. The van der Waals surface area contributed by atoms with Crippen LogP contribution in [-0.2, 0) is 0 Å². The second-order valence-electron chi connectivity index (χ2n) is 6.25. The average Bonchev–Trinajstić information content (AvgIpc) is 2.51. The third-order valence-corrected chi connectivity index (χ3v) is 4.53. The SMILES string of the molecule is Cc1ccc(-c2c(C)cc(C)c(-c3ccccc3)c2C)cc1O. The third kappa shape index (κ3) is 2.75. The molecule has 116 valence electrons. The molecule has 1 heteroatoms. The minimum Gasteiger partial charge on any atom is -0.508 e. The van der Waals surface area contributed by atoms with E-state index in [4.69, 9.17) is 0 Å². The van der Waals surface area contributed by atoms with Gasteiger partial charge in [0.15, 0.2) is 0 Å². The Kier molecular flexibility index (Phi) is 3.96. The van der Waals surface area contributed by atoms with E-state index in [1.807, 2.05) is 25.1 Å². The van der Waals surface area contributed by atoms with Gasteiger partial charge in [-0.25, -0.2) is 0 Å². The maximum atomic E-state index is 10.1. The summed E-state index contributed by atoms with van der Waals surface area (Å²) in [6, 6.07) is 18.7. The molecule has 0 spiro atoms. The fourth-order valence-electron chi connectivity index (χ4n) is 3.44. The molecule has 0 bridgehead atoms. The van der Waals surface area contributed by atoms with Gasteiger partial charge in [-0.05, 0) is 78.3 Å². The number of rotatable bonds is 2. The molecule has 0 heterocycles. The first kappa shape index (κ1) is 15.4. The highest BCUT2D eigenvalue weighted by Gasteiger charge is 2.14. The summed E-state index contributed by atoms with van der Waals surface area (Å²) in [5.41, 5.74) is 9.49. The van der Waals surface area contributed by atoms with Crippen molar-refractivity contribution in [1.29, 1.82) is 0 Å². The van der Waals surface area contributed by atoms with Crippen molar-refractivity contribution in [2.24, 2.45) is 0 Å². The Morgan fingerprint density at radius 3 is 1.83 bits per heavy atom. The number of phenolic OH excluding ortho intramolecular Hbond substituents is 1. The van der Waals surface area contributed by atoms with Crippen molar-refractivity contribution < 1.29 is 5.11 Å². The zero-order chi connectivity index (χ0) is 16.6. The highest BCUT2D eigenvalue weighted by Crippen LogP contribution is 2.38. The van der Waals surface area contributed by atoms with Gasteiger partial charge in [0.2, 0.25) is 0 Å². The molecule has 1 nitrogen and oxygen atoms in total. The Labute approximate surface area is 138 Å². The van der Waals surface area contributed by atoms with Crippen molar-refractivity contribution in [3.8, 4) is 28.0 Å². The lowest BCUT2D eigenvalue weighted by molar-refractivity contribution is 0.471.